The average molecular weight is 651 g/mol. The van der Waals surface area contributed by atoms with Gasteiger partial charge >= 0.3 is 156 Å². The van der Waals surface area contributed by atoms with Crippen LogP contribution in [0.5, 0.6) is 5.75 Å². The number of rotatable bonds is 7. The number of H-pyrrole nitrogens is 1. The molecule has 2 amide bonds. The Hall–Kier alpha value is -4.58. The van der Waals surface area contributed by atoms with E-state index in [-0.39, 0.29) is 23.1 Å². The number of carbonyl (C=O) groups excluding carboxylic acids is 3. The van der Waals surface area contributed by atoms with Gasteiger partial charge in [0.2, 0.25) is 0 Å². The molecule has 0 bridgehead atoms. The Morgan fingerprint density at radius 1 is 1.15 bits per heavy atom. The Balaban J connectivity index is 1.40. The minimum atomic E-state index is -0.691. The number of hydrogen-bond acceptors (Lipinski definition) is 8. The van der Waals surface area contributed by atoms with Gasteiger partial charge < -0.3 is 0 Å². The minimum absolute atomic E-state index is 0.00399. The molecule has 1 aromatic carbocycles. The van der Waals surface area contributed by atoms with Gasteiger partial charge in [0.15, 0.2) is 0 Å². The Morgan fingerprint density at radius 3 is 2.58 bits per heavy atom. The molecule has 2 N–H and O–H groups in total. The molecule has 4 aromatic rings. The summed E-state index contributed by atoms with van der Waals surface area (Å²) in [7, 11) is 1.45. The van der Waals surface area contributed by atoms with Crippen molar-refractivity contribution in [3.63, 3.8) is 0 Å². The van der Waals surface area contributed by atoms with Crippen LogP contribution in [0.2, 0.25) is 0 Å². The number of carbonyl (C=O) groups is 3. The van der Waals surface area contributed by atoms with E-state index in [9.17, 15) is 19.6 Å². The van der Waals surface area contributed by atoms with Crippen molar-refractivity contribution in [1.29, 1.82) is 5.26 Å². The van der Waals surface area contributed by atoms with Gasteiger partial charge in [-0.05, 0) is 24.0 Å². The van der Waals surface area contributed by atoms with Crippen molar-refractivity contribution in [2.75, 3.05) is 25.1 Å². The predicted molar refractivity (Wildman–Crippen MR) is 140 cm³/mol. The average Bonchev–Trinajstić information content (AvgIpc) is 3.66. The summed E-state index contributed by atoms with van der Waals surface area (Å²) in [5, 5.41) is 14.3. The number of halogens is 1. The number of aromatic nitrogens is 5. The fourth-order valence-corrected chi connectivity index (χ4v) is 5.38. The third-order valence-corrected chi connectivity index (χ3v) is 7.62. The molecule has 1 aliphatic rings. The molecular weight excluding hydrogens is 627 g/mol. The number of hydrogen-bond donors (Lipinski definition) is 2. The second kappa shape index (κ2) is 11.7. The summed E-state index contributed by atoms with van der Waals surface area (Å²) in [6.07, 6.45) is 5.24. The van der Waals surface area contributed by atoms with Crippen LogP contribution in [0.15, 0.2) is 54.6 Å². The second-order valence-corrected chi connectivity index (χ2v) is 10.4. The second-order valence-electron chi connectivity index (χ2n) is 8.81. The Kier molecular flexibility index (Phi) is 7.87. The normalized spacial score (nSPS) is 13.2. The van der Waals surface area contributed by atoms with E-state index in [1.54, 1.807) is 0 Å². The van der Waals surface area contributed by atoms with Gasteiger partial charge in [0.1, 0.15) is 0 Å². The van der Waals surface area contributed by atoms with Gasteiger partial charge in [-0.1, -0.05) is 30.3 Å². The van der Waals surface area contributed by atoms with Crippen molar-refractivity contribution < 1.29 is 40.6 Å². The van der Waals surface area contributed by atoms with Crippen LogP contribution >= 0.6 is 0 Å². The zero-order valence-corrected chi connectivity index (χ0v) is 23.8. The molecule has 5 rings (SSSR count). The number of pyridine rings is 1. The monoisotopic (exact) mass is 651 g/mol. The summed E-state index contributed by atoms with van der Waals surface area (Å²) in [5.41, 5.74) is 2.97. The summed E-state index contributed by atoms with van der Waals surface area (Å²) in [6, 6.07) is 11.7. The number of fused-ring (bicyclic) bond motifs is 1. The van der Waals surface area contributed by atoms with Crippen molar-refractivity contribution in [2.45, 2.75) is 12.8 Å². The molecule has 0 unspecified atom stereocenters. The van der Waals surface area contributed by atoms with Crippen LogP contribution in [0.1, 0.15) is 39.4 Å². The molecule has 0 radical (unpaired) electrons. The van der Waals surface area contributed by atoms with E-state index in [2.05, 4.69) is 29.7 Å². The Bertz CT molecular complexity index is 1680. The zero-order chi connectivity index (χ0) is 28.2. The molecule has 204 valence electrons. The summed E-state index contributed by atoms with van der Waals surface area (Å²) >= 11 is -0.492. The van der Waals surface area contributed by atoms with Gasteiger partial charge in [-0.3, -0.25) is 0 Å². The number of amides is 2. The van der Waals surface area contributed by atoms with Gasteiger partial charge in [-0.2, -0.15) is 5.26 Å². The topological polar surface area (TPSA) is 159 Å². The fourth-order valence-electron chi connectivity index (χ4n) is 4.65. The number of aromatic amines is 1. The SMILES string of the molecule is COc1cnc(-n2cnc(C(=O)N[I-]C)n2)c2[nH]cc(C(=O)C(=O)N3CCC(=C(C#N)c4ccccc4)CC3)c12. The molecule has 12 nitrogen and oxygen atoms in total. The van der Waals surface area contributed by atoms with Gasteiger partial charge in [0.05, 0.1) is 11.6 Å². The first kappa shape index (κ1) is 27.0. The molecule has 1 aliphatic heterocycles. The van der Waals surface area contributed by atoms with Crippen LogP contribution < -0.4 is 29.7 Å². The van der Waals surface area contributed by atoms with E-state index in [0.717, 1.165) is 11.1 Å². The number of benzene rings is 1. The fraction of sp³-hybridized carbons (Fsp3) is 0.222. The van der Waals surface area contributed by atoms with Gasteiger partial charge in [-0.25, -0.2) is 0 Å². The number of ether oxygens (including phenoxy) is 1. The number of likely N-dealkylation sites (tertiary alicyclic amines) is 1. The summed E-state index contributed by atoms with van der Waals surface area (Å²) in [6.45, 7) is 0.655. The van der Waals surface area contributed by atoms with E-state index in [0.29, 0.717) is 48.2 Å². The third kappa shape index (κ3) is 5.05. The number of nitrogens with zero attached hydrogens (tertiary/aromatic N) is 6. The van der Waals surface area contributed by atoms with Gasteiger partial charge in [0.25, 0.3) is 0 Å². The number of piperidine rings is 1. The number of alkyl halides is 1. The molecule has 4 heterocycles. The van der Waals surface area contributed by atoms with Crippen molar-refractivity contribution in [3.05, 3.63) is 71.6 Å². The van der Waals surface area contributed by atoms with Gasteiger partial charge in [0, 0.05) is 13.1 Å². The molecule has 1 fully saturated rings. The maximum absolute atomic E-state index is 13.5. The number of nitriles is 1. The van der Waals surface area contributed by atoms with Crippen molar-refractivity contribution in [2.24, 2.45) is 0 Å². The van der Waals surface area contributed by atoms with Crippen LogP contribution in [-0.4, -0.2) is 72.4 Å². The van der Waals surface area contributed by atoms with E-state index in [1.165, 1.54) is 35.4 Å². The van der Waals surface area contributed by atoms with E-state index in [1.807, 2.05) is 35.3 Å². The van der Waals surface area contributed by atoms with Gasteiger partial charge in [-0.15, -0.1) is 0 Å². The third-order valence-electron chi connectivity index (χ3n) is 6.59. The number of ketones is 1. The molecule has 1 saturated heterocycles. The van der Waals surface area contributed by atoms with E-state index >= 15 is 0 Å². The van der Waals surface area contributed by atoms with Crippen LogP contribution in [0.25, 0.3) is 22.3 Å². The quantitative estimate of drug-likeness (QED) is 0.0663. The maximum atomic E-state index is 13.5. The summed E-state index contributed by atoms with van der Waals surface area (Å²) in [5.74, 6) is -1.12. The predicted octanol–water partition coefficient (Wildman–Crippen LogP) is -0.702. The summed E-state index contributed by atoms with van der Waals surface area (Å²) in [4.78, 5) is 53.8. The zero-order valence-electron chi connectivity index (χ0n) is 21.6. The molecule has 3 aromatic heterocycles. The summed E-state index contributed by atoms with van der Waals surface area (Å²) < 4.78 is 9.53. The van der Waals surface area contributed by atoms with Crippen LogP contribution in [-0.2, 0) is 4.79 Å². The van der Waals surface area contributed by atoms with Crippen LogP contribution in [0.4, 0.5) is 0 Å². The molecule has 0 atom stereocenters. The van der Waals surface area contributed by atoms with E-state index in [4.69, 9.17) is 4.74 Å². The molecule has 0 saturated carbocycles. The van der Waals surface area contributed by atoms with Crippen molar-refractivity contribution in [1.82, 2.24) is 33.2 Å². The Labute approximate surface area is 239 Å². The van der Waals surface area contributed by atoms with Crippen molar-refractivity contribution in [3.8, 4) is 17.6 Å². The first-order chi connectivity index (χ1) is 19.5. The number of methoxy groups -OCH3 is 1. The van der Waals surface area contributed by atoms with E-state index < -0.39 is 33.2 Å². The first-order valence-electron chi connectivity index (χ1n) is 12.2. The molecule has 40 heavy (non-hydrogen) atoms. The standard InChI is InChI=1S/C27H24IN8O4/c1-28-33-26(38)24-32-15-36(34-24)25-22-21(20(40-2)14-31-25)19(13-30-22)23(37)27(39)35-10-8-17(9-11-35)18(12-29)16-6-4-3-5-7-16/h3-7,13-15,30H,8-11H2,1-2H3,(H,33,38)/q-1. The number of allylic oxidation sites excluding steroid dienone is 1. The van der Waals surface area contributed by atoms with Crippen LogP contribution in [0, 0.1) is 11.3 Å². The molecule has 0 aliphatic carbocycles. The van der Waals surface area contributed by atoms with Crippen molar-refractivity contribution >= 4 is 34.1 Å². The Morgan fingerprint density at radius 2 is 1.90 bits per heavy atom. The first-order valence-corrected chi connectivity index (χ1v) is 15.5. The van der Waals surface area contributed by atoms with Crippen LogP contribution in [0.3, 0.4) is 0 Å². The molecule has 0 spiro atoms. The number of Topliss-reactive ketones (excluding diaryl/α,β-unsaturated/α-hetero) is 1. The number of nitrogens with one attached hydrogen (secondary N) is 2. The molecular formula is C27H24IN8O4-. The molecule has 13 heteroatoms.